The monoisotopic (exact) mass is 315 g/mol. The zero-order valence-electron chi connectivity index (χ0n) is 13.2. The van der Waals surface area contributed by atoms with Crippen LogP contribution in [0.2, 0.25) is 0 Å². The molecule has 0 radical (unpaired) electrons. The molecule has 1 atom stereocenters. The molecule has 2 aliphatic heterocycles. The Hall–Kier alpha value is -2.37. The zero-order chi connectivity index (χ0) is 16.4. The summed E-state index contributed by atoms with van der Waals surface area (Å²) in [6, 6.07) is 8.70. The Labute approximate surface area is 135 Å². The van der Waals surface area contributed by atoms with E-state index in [0.29, 0.717) is 19.5 Å². The Morgan fingerprint density at radius 2 is 1.83 bits per heavy atom. The van der Waals surface area contributed by atoms with Crippen LogP contribution in [0.3, 0.4) is 0 Å². The molecular formula is C17H21N3O3. The third-order valence-corrected chi connectivity index (χ3v) is 4.72. The number of carbonyl (C=O) groups excluding carboxylic acids is 3. The van der Waals surface area contributed by atoms with Gasteiger partial charge in [0.2, 0.25) is 5.91 Å². The number of benzene rings is 1. The van der Waals surface area contributed by atoms with E-state index in [1.807, 2.05) is 37.3 Å². The number of hydrogen-bond acceptors (Lipinski definition) is 3. The number of rotatable bonds is 4. The molecule has 4 amide bonds. The summed E-state index contributed by atoms with van der Waals surface area (Å²) in [5.74, 6) is -0.505. The average Bonchev–Trinajstić information content (AvgIpc) is 3.19. The molecule has 6 heteroatoms. The second-order valence-corrected chi connectivity index (χ2v) is 6.03. The second kappa shape index (κ2) is 6.02. The summed E-state index contributed by atoms with van der Waals surface area (Å²) < 4.78 is 0. The van der Waals surface area contributed by atoms with E-state index in [1.165, 1.54) is 0 Å². The standard InChI is InChI=1S/C17H21N3O3/c1-2-17(13-8-4-3-5-9-13)15(22)20(16(23)18-17)12-14(21)19-10-6-7-11-19/h3-5,8-9H,2,6-7,10-12H2,1H3,(H,18,23)/t17-/m0/s1. The van der Waals surface area contributed by atoms with Crippen molar-refractivity contribution in [2.75, 3.05) is 19.6 Å². The highest BCUT2D eigenvalue weighted by Gasteiger charge is 2.51. The van der Waals surface area contributed by atoms with Crippen LogP contribution in [-0.4, -0.2) is 47.3 Å². The lowest BCUT2D eigenvalue weighted by atomic mass is 9.87. The van der Waals surface area contributed by atoms with Crippen LogP contribution in [0.5, 0.6) is 0 Å². The van der Waals surface area contributed by atoms with Gasteiger partial charge in [-0.05, 0) is 24.8 Å². The maximum Gasteiger partial charge on any atom is 0.325 e. The van der Waals surface area contributed by atoms with Gasteiger partial charge in [0, 0.05) is 13.1 Å². The minimum Gasteiger partial charge on any atom is -0.341 e. The summed E-state index contributed by atoms with van der Waals surface area (Å²) in [5.41, 5.74) is -0.319. The van der Waals surface area contributed by atoms with Crippen LogP contribution in [0.15, 0.2) is 30.3 Å². The maximum atomic E-state index is 12.9. The van der Waals surface area contributed by atoms with Gasteiger partial charge in [0.05, 0.1) is 0 Å². The number of nitrogens with one attached hydrogen (secondary N) is 1. The molecule has 0 saturated carbocycles. The lowest BCUT2D eigenvalue weighted by molar-refractivity contribution is -0.138. The van der Waals surface area contributed by atoms with Crippen molar-refractivity contribution in [1.82, 2.24) is 15.1 Å². The number of hydrogen-bond donors (Lipinski definition) is 1. The molecule has 2 fully saturated rings. The highest BCUT2D eigenvalue weighted by atomic mass is 16.2. The highest BCUT2D eigenvalue weighted by molar-refractivity contribution is 6.09. The van der Waals surface area contributed by atoms with Gasteiger partial charge in [-0.25, -0.2) is 4.79 Å². The SMILES string of the molecule is CC[C@@]1(c2ccccc2)NC(=O)N(CC(=O)N2CCCC2)C1=O. The van der Waals surface area contributed by atoms with E-state index >= 15 is 0 Å². The Balaban J connectivity index is 1.82. The molecule has 0 unspecified atom stereocenters. The fourth-order valence-corrected chi connectivity index (χ4v) is 3.33. The lowest BCUT2D eigenvalue weighted by Crippen LogP contribution is -2.45. The number of nitrogens with zero attached hydrogens (tertiary/aromatic N) is 2. The minimum absolute atomic E-state index is 0.161. The van der Waals surface area contributed by atoms with Gasteiger partial charge in [-0.1, -0.05) is 37.3 Å². The van der Waals surface area contributed by atoms with Crippen LogP contribution in [0.25, 0.3) is 0 Å². The highest BCUT2D eigenvalue weighted by Crippen LogP contribution is 2.32. The third kappa shape index (κ3) is 2.58. The molecule has 2 aliphatic rings. The zero-order valence-corrected chi connectivity index (χ0v) is 13.2. The molecule has 0 aliphatic carbocycles. The van der Waals surface area contributed by atoms with Crippen molar-refractivity contribution >= 4 is 17.8 Å². The van der Waals surface area contributed by atoms with Crippen LogP contribution in [0.4, 0.5) is 4.79 Å². The van der Waals surface area contributed by atoms with Crippen LogP contribution in [-0.2, 0) is 15.1 Å². The summed E-state index contributed by atoms with van der Waals surface area (Å²) in [6.45, 7) is 3.09. The predicted molar refractivity (Wildman–Crippen MR) is 84.5 cm³/mol. The summed E-state index contributed by atoms with van der Waals surface area (Å²) in [5, 5.41) is 2.80. The Kier molecular flexibility index (Phi) is 4.07. The largest absolute Gasteiger partial charge is 0.341 e. The predicted octanol–water partition coefficient (Wildman–Crippen LogP) is 1.47. The summed E-state index contributed by atoms with van der Waals surface area (Å²) in [6.07, 6.45) is 2.40. The first-order valence-corrected chi connectivity index (χ1v) is 8.06. The molecule has 0 spiro atoms. The van der Waals surface area contributed by atoms with E-state index in [1.54, 1.807) is 4.90 Å². The molecule has 0 aromatic heterocycles. The minimum atomic E-state index is -1.07. The van der Waals surface area contributed by atoms with E-state index in [9.17, 15) is 14.4 Å². The summed E-state index contributed by atoms with van der Waals surface area (Å²) >= 11 is 0. The van der Waals surface area contributed by atoms with Gasteiger partial charge in [0.15, 0.2) is 0 Å². The van der Waals surface area contributed by atoms with Crippen molar-refractivity contribution < 1.29 is 14.4 Å². The Bertz CT molecular complexity index is 625. The van der Waals surface area contributed by atoms with Crippen molar-refractivity contribution in [1.29, 1.82) is 0 Å². The number of carbonyl (C=O) groups is 3. The van der Waals surface area contributed by atoms with E-state index in [4.69, 9.17) is 0 Å². The quantitative estimate of drug-likeness (QED) is 0.855. The van der Waals surface area contributed by atoms with Gasteiger partial charge in [0.25, 0.3) is 5.91 Å². The molecule has 6 nitrogen and oxygen atoms in total. The van der Waals surface area contributed by atoms with Gasteiger partial charge < -0.3 is 10.2 Å². The topological polar surface area (TPSA) is 69.7 Å². The van der Waals surface area contributed by atoms with Crippen molar-refractivity contribution in [2.45, 2.75) is 31.7 Å². The fourth-order valence-electron chi connectivity index (χ4n) is 3.33. The molecule has 122 valence electrons. The molecule has 2 heterocycles. The summed E-state index contributed by atoms with van der Waals surface area (Å²) in [4.78, 5) is 40.2. The molecule has 2 saturated heterocycles. The number of likely N-dealkylation sites (tertiary alicyclic amines) is 1. The number of imide groups is 1. The van der Waals surface area contributed by atoms with E-state index < -0.39 is 11.6 Å². The fraction of sp³-hybridized carbons (Fsp3) is 0.471. The van der Waals surface area contributed by atoms with Gasteiger partial charge in [-0.3, -0.25) is 14.5 Å². The number of urea groups is 1. The second-order valence-electron chi connectivity index (χ2n) is 6.03. The molecule has 3 rings (SSSR count). The van der Waals surface area contributed by atoms with E-state index in [0.717, 1.165) is 23.3 Å². The van der Waals surface area contributed by atoms with Crippen LogP contribution in [0.1, 0.15) is 31.7 Å². The summed E-state index contributed by atoms with van der Waals surface area (Å²) in [7, 11) is 0. The van der Waals surface area contributed by atoms with E-state index in [-0.39, 0.29) is 18.4 Å². The van der Waals surface area contributed by atoms with Gasteiger partial charge in [-0.2, -0.15) is 0 Å². The van der Waals surface area contributed by atoms with Gasteiger partial charge in [0.1, 0.15) is 12.1 Å². The van der Waals surface area contributed by atoms with Gasteiger partial charge >= 0.3 is 6.03 Å². The van der Waals surface area contributed by atoms with Crippen LogP contribution >= 0.6 is 0 Å². The van der Waals surface area contributed by atoms with Gasteiger partial charge in [-0.15, -0.1) is 0 Å². The molecule has 23 heavy (non-hydrogen) atoms. The molecule has 1 aromatic carbocycles. The van der Waals surface area contributed by atoms with Crippen molar-refractivity contribution in [3.05, 3.63) is 35.9 Å². The maximum absolute atomic E-state index is 12.9. The average molecular weight is 315 g/mol. The third-order valence-electron chi connectivity index (χ3n) is 4.72. The molecule has 0 bridgehead atoms. The number of amides is 4. The van der Waals surface area contributed by atoms with E-state index in [2.05, 4.69) is 5.32 Å². The van der Waals surface area contributed by atoms with Crippen molar-refractivity contribution in [3.63, 3.8) is 0 Å². The van der Waals surface area contributed by atoms with Crippen molar-refractivity contribution in [2.24, 2.45) is 0 Å². The molecule has 1 N–H and O–H groups in total. The van der Waals surface area contributed by atoms with Crippen LogP contribution < -0.4 is 5.32 Å². The molecular weight excluding hydrogens is 294 g/mol. The molecule has 1 aromatic rings. The first-order chi connectivity index (χ1) is 11.1. The first kappa shape index (κ1) is 15.5. The van der Waals surface area contributed by atoms with Crippen LogP contribution in [0, 0.1) is 0 Å². The lowest BCUT2D eigenvalue weighted by Gasteiger charge is -2.26. The smallest absolute Gasteiger partial charge is 0.325 e. The Morgan fingerprint density at radius 1 is 1.17 bits per heavy atom. The first-order valence-electron chi connectivity index (χ1n) is 8.06. The normalized spacial score (nSPS) is 24.2. The Morgan fingerprint density at radius 3 is 2.43 bits per heavy atom. The van der Waals surface area contributed by atoms with Crippen molar-refractivity contribution in [3.8, 4) is 0 Å².